The van der Waals surface area contributed by atoms with Crippen molar-refractivity contribution in [3.05, 3.63) is 29.8 Å². The number of fused-ring (bicyclic) bond motifs is 1. The Bertz CT molecular complexity index is 319. The Kier molecular flexibility index (Phi) is 2.12. The Labute approximate surface area is 78.6 Å². The van der Waals surface area contributed by atoms with Crippen molar-refractivity contribution in [3.8, 4) is 0 Å². The summed E-state index contributed by atoms with van der Waals surface area (Å²) in [7, 11) is 0. The van der Waals surface area contributed by atoms with E-state index in [1.165, 1.54) is 0 Å². The van der Waals surface area contributed by atoms with Crippen LogP contribution >= 0.6 is 0 Å². The zero-order valence-electron chi connectivity index (χ0n) is 6.77. The molecule has 0 amide bonds. The van der Waals surface area contributed by atoms with Crippen LogP contribution in [0.25, 0.3) is 0 Å². The molecule has 1 aliphatic rings. The first-order chi connectivity index (χ1) is 6.09. The van der Waals surface area contributed by atoms with Gasteiger partial charge in [-0.1, -0.05) is 0 Å². The number of alkyl halides is 3. The average molecular weight is 252 g/mol. The van der Waals surface area contributed by atoms with Crippen LogP contribution in [0.2, 0.25) is 5.32 Å². The van der Waals surface area contributed by atoms with E-state index in [0.717, 1.165) is 5.56 Å². The molecule has 1 radical (unpaired) electrons. The third kappa shape index (κ3) is 1.61. The van der Waals surface area contributed by atoms with Crippen LogP contribution in [-0.2, 0) is 6.42 Å². The molecule has 1 aliphatic heterocycles. The number of benzene rings is 1. The number of rotatable bonds is 0. The summed E-state index contributed by atoms with van der Waals surface area (Å²) in [5.41, 5.74) is 0.907. The summed E-state index contributed by atoms with van der Waals surface area (Å²) in [5, 5.41) is -3.62. The Morgan fingerprint density at radius 1 is 1.15 bits per heavy atom. The Morgan fingerprint density at radius 2 is 1.85 bits per heavy atom. The fourth-order valence-electron chi connectivity index (χ4n) is 1.51. The second-order valence-corrected chi connectivity index (χ2v) is 7.29. The van der Waals surface area contributed by atoms with E-state index < -0.39 is 19.0 Å². The van der Waals surface area contributed by atoms with E-state index in [2.05, 4.69) is 0 Å². The molecule has 0 fully saturated rings. The zero-order valence-corrected chi connectivity index (χ0v) is 8.48. The van der Waals surface area contributed by atoms with Crippen molar-refractivity contribution in [1.29, 1.82) is 0 Å². The van der Waals surface area contributed by atoms with Crippen molar-refractivity contribution in [1.82, 2.24) is 0 Å². The molecule has 1 aromatic carbocycles. The van der Waals surface area contributed by atoms with Gasteiger partial charge in [-0.3, -0.25) is 0 Å². The van der Waals surface area contributed by atoms with Gasteiger partial charge < -0.3 is 0 Å². The van der Waals surface area contributed by atoms with E-state index in [-0.39, 0.29) is 0 Å². The normalized spacial score (nSPS) is 17.5. The van der Waals surface area contributed by atoms with Crippen molar-refractivity contribution in [2.75, 3.05) is 0 Å². The first kappa shape index (κ1) is 9.10. The minimum absolute atomic E-state index is 0.336. The van der Waals surface area contributed by atoms with Gasteiger partial charge in [0.25, 0.3) is 0 Å². The molecular weight excluding hydrogens is 244 g/mol. The molecule has 0 saturated heterocycles. The molecule has 2 rings (SSSR count). The molecule has 1 heterocycles. The molecule has 0 nitrogen and oxygen atoms in total. The Hall–Kier alpha value is -0.471. The summed E-state index contributed by atoms with van der Waals surface area (Å²) in [6, 6.07) is 6.96. The van der Waals surface area contributed by atoms with Crippen LogP contribution in [0.15, 0.2) is 24.3 Å². The van der Waals surface area contributed by atoms with Gasteiger partial charge >= 0.3 is 78.2 Å². The fraction of sp³-hybridized carbons (Fsp3) is 0.333. The number of hydrogen-bond acceptors (Lipinski definition) is 0. The van der Waals surface area contributed by atoms with Crippen LogP contribution in [0.5, 0.6) is 0 Å². The third-order valence-corrected chi connectivity index (χ3v) is 6.50. The molecule has 0 atom stereocenters. The van der Waals surface area contributed by atoms with Crippen LogP contribution in [0.3, 0.4) is 0 Å². The monoisotopic (exact) mass is 253 g/mol. The van der Waals surface area contributed by atoms with E-state index in [1.807, 2.05) is 12.1 Å². The van der Waals surface area contributed by atoms with Crippen LogP contribution in [0.4, 0.5) is 13.2 Å². The second kappa shape index (κ2) is 3.03. The SMILES string of the molecule is FC(F)(F)[Se]1CCc2ccccc21. The van der Waals surface area contributed by atoms with E-state index in [1.54, 1.807) is 12.1 Å². The van der Waals surface area contributed by atoms with E-state index >= 15 is 0 Å². The van der Waals surface area contributed by atoms with Gasteiger partial charge in [-0.05, 0) is 0 Å². The Morgan fingerprint density at radius 3 is 2.54 bits per heavy atom. The van der Waals surface area contributed by atoms with Gasteiger partial charge in [0.1, 0.15) is 0 Å². The average Bonchev–Trinajstić information content (AvgIpc) is 2.45. The van der Waals surface area contributed by atoms with E-state index in [9.17, 15) is 13.2 Å². The molecule has 0 saturated carbocycles. The molecule has 0 aliphatic carbocycles. The summed E-state index contributed by atoms with van der Waals surface area (Å²) >= 11 is -2.52. The van der Waals surface area contributed by atoms with Gasteiger partial charge in [0, 0.05) is 0 Å². The van der Waals surface area contributed by atoms with Crippen LogP contribution in [-0.4, -0.2) is 19.0 Å². The van der Waals surface area contributed by atoms with Gasteiger partial charge in [-0.2, -0.15) is 0 Å². The first-order valence-corrected chi connectivity index (χ1v) is 6.87. The predicted molar refractivity (Wildman–Crippen MR) is 46.4 cm³/mol. The quantitative estimate of drug-likeness (QED) is 0.620. The molecule has 1 aromatic rings. The van der Waals surface area contributed by atoms with Crippen LogP contribution < -0.4 is 4.46 Å². The molecule has 0 unspecified atom stereocenters. The van der Waals surface area contributed by atoms with Crippen LogP contribution in [0.1, 0.15) is 5.56 Å². The van der Waals surface area contributed by atoms with Crippen molar-refractivity contribution in [2.24, 2.45) is 0 Å². The van der Waals surface area contributed by atoms with Gasteiger partial charge in [0.2, 0.25) is 0 Å². The third-order valence-electron chi connectivity index (χ3n) is 2.09. The zero-order chi connectivity index (χ0) is 9.47. The number of aryl methyl sites for hydroxylation is 1. The van der Waals surface area contributed by atoms with E-state index in [4.69, 9.17) is 0 Å². The molecule has 13 heavy (non-hydrogen) atoms. The topological polar surface area (TPSA) is 0 Å². The molecule has 0 bridgehead atoms. The summed E-state index contributed by atoms with van der Waals surface area (Å²) in [6.45, 7) is 0. The van der Waals surface area contributed by atoms with Gasteiger partial charge in [0.15, 0.2) is 0 Å². The molecule has 0 N–H and O–H groups in total. The summed E-state index contributed by atoms with van der Waals surface area (Å²) in [5.74, 6) is 0. The molecular formula is C9H8F3Se. The molecule has 4 heteroatoms. The maximum atomic E-state index is 12.5. The first-order valence-electron chi connectivity index (χ1n) is 3.94. The van der Waals surface area contributed by atoms with Gasteiger partial charge in [0.05, 0.1) is 0 Å². The number of hydrogen-bond donors (Lipinski definition) is 0. The van der Waals surface area contributed by atoms with Crippen molar-refractivity contribution < 1.29 is 13.2 Å². The summed E-state index contributed by atoms with van der Waals surface area (Å²) < 4.78 is 38.1. The van der Waals surface area contributed by atoms with Crippen LogP contribution in [0, 0.1) is 0 Å². The standard InChI is InChI=1S/C9H8F3Se/c10-9(11,12)13-6-5-7-3-1-2-4-8(7)13/h1-4H,5-6H2. The van der Waals surface area contributed by atoms with Crippen molar-refractivity contribution >= 4 is 18.4 Å². The summed E-state index contributed by atoms with van der Waals surface area (Å²) in [6.07, 6.45) is 0.611. The number of halogens is 3. The fourth-order valence-corrected chi connectivity index (χ4v) is 5.40. The van der Waals surface area contributed by atoms with Crippen molar-refractivity contribution in [2.45, 2.75) is 16.8 Å². The van der Waals surface area contributed by atoms with Gasteiger partial charge in [-0.25, -0.2) is 0 Å². The second-order valence-electron chi connectivity index (χ2n) is 2.90. The van der Waals surface area contributed by atoms with Crippen molar-refractivity contribution in [3.63, 3.8) is 0 Å². The molecule has 71 valence electrons. The predicted octanol–water partition coefficient (Wildman–Crippen LogP) is 2.05. The molecule has 0 spiro atoms. The summed E-state index contributed by atoms with van der Waals surface area (Å²) in [4.78, 5) is 0. The van der Waals surface area contributed by atoms with E-state index in [0.29, 0.717) is 16.2 Å². The molecule has 0 aromatic heterocycles. The Balaban J connectivity index is 2.39. The minimum atomic E-state index is -3.95. The maximum absolute atomic E-state index is 12.5. The van der Waals surface area contributed by atoms with Gasteiger partial charge in [-0.15, -0.1) is 0 Å².